The number of hydrazone groups is 1. The van der Waals surface area contributed by atoms with Crippen LogP contribution in [0.3, 0.4) is 0 Å². The first-order chi connectivity index (χ1) is 13.0. The zero-order valence-electron chi connectivity index (χ0n) is 16.0. The summed E-state index contributed by atoms with van der Waals surface area (Å²) in [5.74, 6) is 1.56. The van der Waals surface area contributed by atoms with Crippen LogP contribution >= 0.6 is 0 Å². The molecule has 1 aliphatic rings. The van der Waals surface area contributed by atoms with Crippen LogP contribution in [0.1, 0.15) is 29.8 Å². The fourth-order valence-corrected chi connectivity index (χ4v) is 2.84. The van der Waals surface area contributed by atoms with Crippen LogP contribution in [-0.2, 0) is 9.53 Å². The number of benzene rings is 2. The van der Waals surface area contributed by atoms with Gasteiger partial charge in [0, 0.05) is 18.1 Å². The Kier molecular flexibility index (Phi) is 5.21. The van der Waals surface area contributed by atoms with Gasteiger partial charge in [0.15, 0.2) is 11.5 Å². The van der Waals surface area contributed by atoms with Crippen molar-refractivity contribution in [3.05, 3.63) is 53.1 Å². The minimum atomic E-state index is -0.729. The lowest BCUT2D eigenvalue weighted by molar-refractivity contribution is -0.135. The smallest absolute Gasteiger partial charge is 0.243 e. The molecule has 1 atom stereocenters. The van der Waals surface area contributed by atoms with E-state index in [9.17, 15) is 4.79 Å². The number of hydrogen-bond acceptors (Lipinski definition) is 6. The van der Waals surface area contributed by atoms with E-state index in [-0.39, 0.29) is 5.91 Å². The van der Waals surface area contributed by atoms with Crippen LogP contribution in [-0.4, -0.2) is 38.1 Å². The quantitative estimate of drug-likeness (QED) is 0.808. The number of methoxy groups -OCH3 is 3. The molecule has 7 nitrogen and oxygen atoms in total. The number of rotatable bonds is 5. The van der Waals surface area contributed by atoms with E-state index < -0.39 is 6.23 Å². The molecule has 2 aromatic carbocycles. The maximum absolute atomic E-state index is 12.1. The summed E-state index contributed by atoms with van der Waals surface area (Å²) in [6, 6.07) is 11.2. The summed E-state index contributed by atoms with van der Waals surface area (Å²) in [5.41, 5.74) is 2.58. The fourth-order valence-electron chi connectivity index (χ4n) is 2.84. The monoisotopic (exact) mass is 370 g/mol. The molecule has 27 heavy (non-hydrogen) atoms. The Morgan fingerprint density at radius 3 is 2.11 bits per heavy atom. The van der Waals surface area contributed by atoms with Gasteiger partial charge in [0.2, 0.25) is 23.8 Å². The summed E-state index contributed by atoms with van der Waals surface area (Å²) in [4.78, 5) is 12.1. The molecule has 0 aliphatic carbocycles. The molecule has 1 heterocycles. The molecule has 1 aliphatic heterocycles. The molecule has 0 bridgehead atoms. The Bertz CT molecular complexity index is 851. The largest absolute Gasteiger partial charge is 0.493 e. The van der Waals surface area contributed by atoms with Crippen LogP contribution < -0.4 is 14.2 Å². The van der Waals surface area contributed by atoms with Gasteiger partial charge in [-0.1, -0.05) is 17.7 Å². The van der Waals surface area contributed by atoms with Crippen molar-refractivity contribution in [2.45, 2.75) is 20.1 Å². The highest BCUT2D eigenvalue weighted by molar-refractivity contribution is 5.96. The first-order valence-corrected chi connectivity index (χ1v) is 8.40. The van der Waals surface area contributed by atoms with Gasteiger partial charge in [-0.15, -0.1) is 5.10 Å². The third-order valence-corrected chi connectivity index (χ3v) is 4.24. The average molecular weight is 370 g/mol. The maximum Gasteiger partial charge on any atom is 0.243 e. The zero-order chi connectivity index (χ0) is 19.6. The first-order valence-electron chi connectivity index (χ1n) is 8.40. The molecule has 0 saturated heterocycles. The van der Waals surface area contributed by atoms with Crippen molar-refractivity contribution in [3.63, 3.8) is 0 Å². The fraction of sp³-hybridized carbons (Fsp3) is 0.300. The van der Waals surface area contributed by atoms with Crippen LogP contribution in [0, 0.1) is 6.92 Å². The third-order valence-electron chi connectivity index (χ3n) is 4.24. The highest BCUT2D eigenvalue weighted by atomic mass is 16.5. The van der Waals surface area contributed by atoms with E-state index in [2.05, 4.69) is 5.10 Å². The topological polar surface area (TPSA) is 69.6 Å². The Balaban J connectivity index is 2.01. The Labute approximate surface area is 158 Å². The summed E-state index contributed by atoms with van der Waals surface area (Å²) in [7, 11) is 4.60. The van der Waals surface area contributed by atoms with Crippen molar-refractivity contribution in [2.24, 2.45) is 5.10 Å². The highest BCUT2D eigenvalue weighted by Crippen LogP contribution is 2.42. The second-order valence-electron chi connectivity index (χ2n) is 6.06. The second-order valence-corrected chi connectivity index (χ2v) is 6.06. The van der Waals surface area contributed by atoms with Crippen molar-refractivity contribution in [1.82, 2.24) is 5.01 Å². The van der Waals surface area contributed by atoms with Crippen molar-refractivity contribution in [1.29, 1.82) is 0 Å². The molecular formula is C20H22N2O5. The van der Waals surface area contributed by atoms with E-state index in [1.165, 1.54) is 33.3 Å². The normalized spacial score (nSPS) is 15.8. The first kappa shape index (κ1) is 18.6. The molecule has 0 aromatic heterocycles. The van der Waals surface area contributed by atoms with E-state index in [1.807, 2.05) is 31.2 Å². The van der Waals surface area contributed by atoms with Gasteiger partial charge in [0.1, 0.15) is 0 Å². The maximum atomic E-state index is 12.1. The van der Waals surface area contributed by atoms with E-state index in [4.69, 9.17) is 18.9 Å². The van der Waals surface area contributed by atoms with Gasteiger partial charge in [-0.2, -0.15) is 5.01 Å². The van der Waals surface area contributed by atoms with Crippen molar-refractivity contribution < 1.29 is 23.7 Å². The van der Waals surface area contributed by atoms with Gasteiger partial charge in [0.05, 0.1) is 21.3 Å². The number of amides is 1. The van der Waals surface area contributed by atoms with Gasteiger partial charge in [-0.05, 0) is 31.2 Å². The molecule has 3 rings (SSSR count). The van der Waals surface area contributed by atoms with Crippen LogP contribution in [0.15, 0.2) is 41.5 Å². The van der Waals surface area contributed by atoms with Gasteiger partial charge in [0.25, 0.3) is 0 Å². The standard InChI is InChI=1S/C20H22N2O5/c1-12-6-8-14(9-7-12)19-21-22(13(2)23)20(27-19)15-10-16(24-3)18(26-5)17(11-15)25-4/h6-11,20H,1-5H3/t20-/m1/s1. The van der Waals surface area contributed by atoms with Gasteiger partial charge in [-0.3, -0.25) is 4.79 Å². The van der Waals surface area contributed by atoms with E-state index in [0.717, 1.165) is 11.1 Å². The van der Waals surface area contributed by atoms with Crippen molar-refractivity contribution in [2.75, 3.05) is 21.3 Å². The molecule has 0 unspecified atom stereocenters. The summed E-state index contributed by atoms with van der Waals surface area (Å²) in [5, 5.41) is 5.67. The average Bonchev–Trinajstić information content (AvgIpc) is 3.13. The summed E-state index contributed by atoms with van der Waals surface area (Å²) in [6.45, 7) is 3.44. The van der Waals surface area contributed by atoms with E-state index in [0.29, 0.717) is 28.7 Å². The highest BCUT2D eigenvalue weighted by Gasteiger charge is 2.34. The molecular weight excluding hydrogens is 348 g/mol. The number of carbonyl (C=O) groups excluding carboxylic acids is 1. The Hall–Kier alpha value is -3.22. The van der Waals surface area contributed by atoms with Crippen LogP contribution in [0.4, 0.5) is 0 Å². The SMILES string of the molecule is COc1cc([C@H]2OC(c3ccc(C)cc3)=NN2C(C)=O)cc(OC)c1OC. The van der Waals surface area contributed by atoms with E-state index >= 15 is 0 Å². The lowest BCUT2D eigenvalue weighted by atomic mass is 10.1. The molecule has 0 radical (unpaired) electrons. The summed E-state index contributed by atoms with van der Waals surface area (Å²) >= 11 is 0. The molecule has 7 heteroatoms. The molecule has 0 saturated carbocycles. The lowest BCUT2D eigenvalue weighted by Gasteiger charge is -2.21. The second kappa shape index (κ2) is 7.57. The number of carbonyl (C=O) groups is 1. The molecule has 142 valence electrons. The van der Waals surface area contributed by atoms with Gasteiger partial charge < -0.3 is 18.9 Å². The zero-order valence-corrected chi connectivity index (χ0v) is 16.0. The van der Waals surface area contributed by atoms with Crippen LogP contribution in [0.5, 0.6) is 17.2 Å². The van der Waals surface area contributed by atoms with Gasteiger partial charge in [-0.25, -0.2) is 0 Å². The molecule has 0 spiro atoms. The summed E-state index contributed by atoms with van der Waals surface area (Å²) < 4.78 is 22.2. The minimum Gasteiger partial charge on any atom is -0.493 e. The van der Waals surface area contributed by atoms with Crippen LogP contribution in [0.25, 0.3) is 0 Å². The molecule has 0 N–H and O–H groups in total. The number of hydrogen-bond donors (Lipinski definition) is 0. The minimum absolute atomic E-state index is 0.240. The summed E-state index contributed by atoms with van der Waals surface area (Å²) in [6.07, 6.45) is -0.729. The number of aryl methyl sites for hydroxylation is 1. The van der Waals surface area contributed by atoms with E-state index in [1.54, 1.807) is 12.1 Å². The Morgan fingerprint density at radius 1 is 1.04 bits per heavy atom. The third kappa shape index (κ3) is 3.53. The predicted octanol–water partition coefficient (Wildman–Crippen LogP) is 3.26. The van der Waals surface area contributed by atoms with Gasteiger partial charge >= 0.3 is 0 Å². The number of nitrogens with zero attached hydrogens (tertiary/aromatic N) is 2. The van der Waals surface area contributed by atoms with Crippen molar-refractivity contribution in [3.8, 4) is 17.2 Å². The molecule has 2 aromatic rings. The Morgan fingerprint density at radius 2 is 1.63 bits per heavy atom. The van der Waals surface area contributed by atoms with Crippen LogP contribution in [0.2, 0.25) is 0 Å². The lowest BCUT2D eigenvalue weighted by Crippen LogP contribution is -2.25. The molecule has 1 amide bonds. The predicted molar refractivity (Wildman–Crippen MR) is 100 cm³/mol. The number of ether oxygens (including phenoxy) is 4. The van der Waals surface area contributed by atoms with Crippen molar-refractivity contribution >= 4 is 11.8 Å². The molecule has 0 fully saturated rings.